The molecule has 4 aromatic rings. The summed E-state index contributed by atoms with van der Waals surface area (Å²) in [5.41, 5.74) is 3.48. The van der Waals surface area contributed by atoms with E-state index in [1.807, 2.05) is 82.3 Å². The molecule has 3 aromatic carbocycles. The molecule has 4 rings (SSSR count). The second-order valence-corrected chi connectivity index (χ2v) is 9.51. The minimum absolute atomic E-state index is 0.266. The van der Waals surface area contributed by atoms with Crippen LogP contribution in [0, 0.1) is 5.92 Å². The van der Waals surface area contributed by atoms with Crippen molar-refractivity contribution in [1.29, 1.82) is 0 Å². The molecule has 1 heterocycles. The summed E-state index contributed by atoms with van der Waals surface area (Å²) >= 11 is 0. The first kappa shape index (κ1) is 27.6. The summed E-state index contributed by atoms with van der Waals surface area (Å²) in [6.07, 6.45) is 0. The molecule has 0 saturated carbocycles. The Bertz CT molecular complexity index is 1470. The van der Waals surface area contributed by atoms with Crippen LogP contribution in [0.2, 0.25) is 0 Å². The van der Waals surface area contributed by atoms with Crippen molar-refractivity contribution in [2.75, 3.05) is 13.2 Å². The number of nitrogens with zero attached hydrogens (tertiary/aromatic N) is 1. The van der Waals surface area contributed by atoms with Crippen LogP contribution in [-0.2, 0) is 16.1 Å². The van der Waals surface area contributed by atoms with E-state index in [1.54, 1.807) is 24.3 Å². The molecular formula is C32H34N2O5. The first-order valence-electron chi connectivity index (χ1n) is 13.3. The molecule has 0 spiro atoms. The largest absolute Gasteiger partial charge is 0.493 e. The number of amides is 1. The number of fused-ring (bicyclic) bond motifs is 1. The molecule has 0 fully saturated rings. The summed E-state index contributed by atoms with van der Waals surface area (Å²) in [4.78, 5) is 39.8. The lowest BCUT2D eigenvalue weighted by Gasteiger charge is -2.21. The van der Waals surface area contributed by atoms with Crippen molar-refractivity contribution in [1.82, 2.24) is 9.88 Å². The molecule has 0 radical (unpaired) electrons. The molecular weight excluding hydrogens is 492 g/mol. The van der Waals surface area contributed by atoms with Gasteiger partial charge in [-0.15, -0.1) is 0 Å². The molecule has 0 aliphatic carbocycles. The fourth-order valence-electron chi connectivity index (χ4n) is 4.76. The van der Waals surface area contributed by atoms with Crippen molar-refractivity contribution >= 4 is 28.6 Å². The Balaban J connectivity index is 1.57. The Morgan fingerprint density at radius 3 is 2.23 bits per heavy atom. The highest BCUT2D eigenvalue weighted by Gasteiger charge is 2.29. The number of aromatic nitrogens is 1. The van der Waals surface area contributed by atoms with Gasteiger partial charge in [-0.25, -0.2) is 4.79 Å². The van der Waals surface area contributed by atoms with Crippen LogP contribution < -0.4 is 10.1 Å². The maximum absolute atomic E-state index is 13.6. The third kappa shape index (κ3) is 5.87. The van der Waals surface area contributed by atoms with E-state index >= 15 is 0 Å². The third-order valence-corrected chi connectivity index (χ3v) is 6.60. The zero-order valence-corrected chi connectivity index (χ0v) is 22.8. The molecule has 7 nitrogen and oxygen atoms in total. The number of para-hydroxylation sites is 2. The summed E-state index contributed by atoms with van der Waals surface area (Å²) < 4.78 is 13.2. The fourth-order valence-corrected chi connectivity index (χ4v) is 4.76. The maximum Gasteiger partial charge on any atom is 0.329 e. The number of Topliss-reactive ketones (excluding diaryl/α,β-unsaturated/α-hetero) is 1. The molecule has 202 valence electrons. The van der Waals surface area contributed by atoms with Gasteiger partial charge in [0.1, 0.15) is 11.8 Å². The van der Waals surface area contributed by atoms with E-state index in [9.17, 15) is 14.4 Å². The van der Waals surface area contributed by atoms with Crippen LogP contribution in [0.1, 0.15) is 48.4 Å². The summed E-state index contributed by atoms with van der Waals surface area (Å²) in [5.74, 6) is -1.25. The van der Waals surface area contributed by atoms with Gasteiger partial charge in [0.05, 0.1) is 23.4 Å². The average Bonchev–Trinajstić information content (AvgIpc) is 3.29. The number of carbonyl (C=O) groups excluding carboxylic acids is 3. The molecule has 0 aliphatic rings. The normalized spacial score (nSPS) is 11.8. The van der Waals surface area contributed by atoms with Gasteiger partial charge in [-0.1, -0.05) is 74.5 Å². The Hall–Kier alpha value is -4.39. The van der Waals surface area contributed by atoms with Crippen LogP contribution >= 0.6 is 0 Å². The van der Waals surface area contributed by atoms with Crippen LogP contribution in [0.5, 0.6) is 5.75 Å². The van der Waals surface area contributed by atoms with E-state index in [1.165, 1.54) is 0 Å². The van der Waals surface area contributed by atoms with E-state index in [-0.39, 0.29) is 11.7 Å². The summed E-state index contributed by atoms with van der Waals surface area (Å²) in [5, 5.41) is 3.57. The monoisotopic (exact) mass is 526 g/mol. The van der Waals surface area contributed by atoms with E-state index in [2.05, 4.69) is 9.88 Å². The van der Waals surface area contributed by atoms with Crippen LogP contribution in [-0.4, -0.2) is 41.5 Å². The van der Waals surface area contributed by atoms with E-state index in [0.29, 0.717) is 30.0 Å². The van der Waals surface area contributed by atoms with Gasteiger partial charge in [-0.3, -0.25) is 9.59 Å². The molecule has 39 heavy (non-hydrogen) atoms. The number of aryl methyl sites for hydroxylation is 1. The predicted molar refractivity (Wildman–Crippen MR) is 152 cm³/mol. The van der Waals surface area contributed by atoms with Crippen LogP contribution in [0.15, 0.2) is 78.9 Å². The fraction of sp³-hybridized carbons (Fsp3) is 0.281. The summed E-state index contributed by atoms with van der Waals surface area (Å²) in [7, 11) is 0. The number of hydrogen-bond acceptors (Lipinski definition) is 5. The molecule has 1 unspecified atom stereocenters. The Labute approximate surface area is 228 Å². The highest BCUT2D eigenvalue weighted by atomic mass is 16.5. The highest BCUT2D eigenvalue weighted by Crippen LogP contribution is 2.34. The molecule has 7 heteroatoms. The Morgan fingerprint density at radius 2 is 1.54 bits per heavy atom. The molecule has 1 atom stereocenters. The molecule has 1 N–H and O–H groups in total. The summed E-state index contributed by atoms with van der Waals surface area (Å²) in [6, 6.07) is 23.4. The lowest BCUT2D eigenvalue weighted by atomic mass is 10.0. The zero-order valence-electron chi connectivity index (χ0n) is 22.8. The van der Waals surface area contributed by atoms with Crippen molar-refractivity contribution < 1.29 is 23.9 Å². The Kier molecular flexibility index (Phi) is 8.81. The highest BCUT2D eigenvalue weighted by molar-refractivity contribution is 6.14. The first-order chi connectivity index (χ1) is 18.9. The summed E-state index contributed by atoms with van der Waals surface area (Å²) in [6.45, 7) is 8.12. The van der Waals surface area contributed by atoms with Gasteiger partial charge in [0, 0.05) is 17.4 Å². The van der Waals surface area contributed by atoms with Crippen LogP contribution in [0.3, 0.4) is 0 Å². The lowest BCUT2D eigenvalue weighted by molar-refractivity contribution is -0.145. The number of carbonyl (C=O) groups is 3. The van der Waals surface area contributed by atoms with Crippen molar-refractivity contribution in [2.45, 2.75) is 40.3 Å². The number of rotatable bonds is 11. The maximum atomic E-state index is 13.6. The van der Waals surface area contributed by atoms with E-state index in [0.717, 1.165) is 22.2 Å². The average molecular weight is 527 g/mol. The van der Waals surface area contributed by atoms with Crippen LogP contribution in [0.4, 0.5) is 0 Å². The minimum Gasteiger partial charge on any atom is -0.493 e. The number of hydrogen-bond donors (Lipinski definition) is 1. The molecule has 1 amide bonds. The lowest BCUT2D eigenvalue weighted by Crippen LogP contribution is -2.45. The van der Waals surface area contributed by atoms with Gasteiger partial charge in [0.15, 0.2) is 6.61 Å². The second kappa shape index (κ2) is 12.4. The smallest absolute Gasteiger partial charge is 0.329 e. The van der Waals surface area contributed by atoms with Gasteiger partial charge in [0.25, 0.3) is 5.91 Å². The predicted octanol–water partition coefficient (Wildman–Crippen LogP) is 5.91. The number of ketones is 1. The SMILES string of the molecule is CCOc1ccccc1C(=O)NC(C(=O)OCC(=O)c1c(-c2ccccc2)n(CC)c2ccccc12)C(C)C. The quantitative estimate of drug-likeness (QED) is 0.194. The number of ether oxygens (including phenoxy) is 2. The third-order valence-electron chi connectivity index (χ3n) is 6.60. The second-order valence-electron chi connectivity index (χ2n) is 9.51. The van der Waals surface area contributed by atoms with Crippen LogP contribution in [0.25, 0.3) is 22.2 Å². The van der Waals surface area contributed by atoms with E-state index in [4.69, 9.17) is 9.47 Å². The van der Waals surface area contributed by atoms with Crippen molar-refractivity contribution in [3.63, 3.8) is 0 Å². The molecule has 1 aromatic heterocycles. The van der Waals surface area contributed by atoms with Crippen molar-refractivity contribution in [3.8, 4) is 17.0 Å². The molecule has 0 saturated heterocycles. The van der Waals surface area contributed by atoms with Gasteiger partial charge in [0.2, 0.25) is 5.78 Å². The standard InChI is InChI=1S/C32H34N2O5/c1-5-34-25-18-12-10-16-23(25)28(30(34)22-14-8-7-9-15-22)26(35)20-39-32(37)29(21(3)4)33-31(36)24-17-11-13-19-27(24)38-6-2/h7-19,21,29H,5-6,20H2,1-4H3,(H,33,36). The van der Waals surface area contributed by atoms with Gasteiger partial charge in [-0.05, 0) is 43.5 Å². The number of benzene rings is 3. The first-order valence-corrected chi connectivity index (χ1v) is 13.3. The minimum atomic E-state index is -0.939. The number of nitrogens with one attached hydrogen (secondary N) is 1. The van der Waals surface area contributed by atoms with E-state index < -0.39 is 24.5 Å². The topological polar surface area (TPSA) is 86.6 Å². The van der Waals surface area contributed by atoms with Gasteiger partial charge in [-0.2, -0.15) is 0 Å². The number of esters is 1. The molecule has 0 bridgehead atoms. The van der Waals surface area contributed by atoms with Crippen molar-refractivity contribution in [2.24, 2.45) is 5.92 Å². The van der Waals surface area contributed by atoms with Crippen molar-refractivity contribution in [3.05, 3.63) is 90.0 Å². The van der Waals surface area contributed by atoms with Gasteiger partial charge < -0.3 is 19.4 Å². The molecule has 0 aliphatic heterocycles. The zero-order chi connectivity index (χ0) is 27.9. The van der Waals surface area contributed by atoms with Gasteiger partial charge >= 0.3 is 5.97 Å². The Morgan fingerprint density at radius 1 is 0.872 bits per heavy atom.